The first-order valence-corrected chi connectivity index (χ1v) is 10.0. The van der Waals surface area contributed by atoms with Crippen molar-refractivity contribution in [1.82, 2.24) is 0 Å². The second-order valence-corrected chi connectivity index (χ2v) is 6.69. The van der Waals surface area contributed by atoms with Gasteiger partial charge in [-0.05, 0) is 12.8 Å². The van der Waals surface area contributed by atoms with Crippen LogP contribution in [-0.2, 0) is 14.3 Å². The average molecular weight is 387 g/mol. The molecule has 0 atom stereocenters. The van der Waals surface area contributed by atoms with Gasteiger partial charge in [0, 0.05) is 5.97 Å². The first-order valence-electron chi connectivity index (χ1n) is 10.0. The Morgan fingerprint density at radius 2 is 1.04 bits per heavy atom. The van der Waals surface area contributed by atoms with E-state index < -0.39 is 11.9 Å². The van der Waals surface area contributed by atoms with Gasteiger partial charge in [-0.3, -0.25) is 4.79 Å². The molecule has 0 N–H and O–H groups in total. The van der Waals surface area contributed by atoms with Crippen molar-refractivity contribution in [2.75, 3.05) is 6.61 Å². The predicted molar refractivity (Wildman–Crippen MR) is 95.5 cm³/mol. The van der Waals surface area contributed by atoms with Gasteiger partial charge in [0.05, 0.1) is 13.0 Å². The number of carbonyl (C=O) groups is 2. The fraction of sp³-hybridized carbons (Fsp3) is 0.900. The second-order valence-electron chi connectivity index (χ2n) is 6.69. The van der Waals surface area contributed by atoms with Crippen LogP contribution in [0.4, 0.5) is 0 Å². The third-order valence-electron chi connectivity index (χ3n) is 4.29. The molecule has 0 rings (SSSR count). The molecule has 0 saturated carbocycles. The van der Waals surface area contributed by atoms with Crippen molar-refractivity contribution in [2.45, 2.75) is 110 Å². The number of carboxylic acids is 1. The normalized spacial score (nSPS) is 9.88. The first-order chi connectivity index (χ1) is 11.7. The van der Waals surface area contributed by atoms with Crippen LogP contribution in [0.5, 0.6) is 0 Å². The summed E-state index contributed by atoms with van der Waals surface area (Å²) in [7, 11) is 0. The maximum absolute atomic E-state index is 11.2. The van der Waals surface area contributed by atoms with E-state index in [2.05, 4.69) is 6.92 Å². The number of ether oxygens (including phenoxy) is 1. The van der Waals surface area contributed by atoms with Gasteiger partial charge in [0.15, 0.2) is 0 Å². The van der Waals surface area contributed by atoms with Gasteiger partial charge in [-0.2, -0.15) is 0 Å². The van der Waals surface area contributed by atoms with Crippen molar-refractivity contribution < 1.29 is 78.5 Å². The van der Waals surface area contributed by atoms with Crippen molar-refractivity contribution in [3.05, 3.63) is 0 Å². The Kier molecular flexibility index (Phi) is 31.6. The van der Waals surface area contributed by atoms with Gasteiger partial charge >= 0.3 is 65.1 Å². The zero-order valence-electron chi connectivity index (χ0n) is 17.7. The number of hydrogen-bond donors (Lipinski definition) is 0. The third kappa shape index (κ3) is 27.2. The molecule has 26 heavy (non-hydrogen) atoms. The van der Waals surface area contributed by atoms with Crippen molar-refractivity contribution in [3.8, 4) is 0 Å². The average Bonchev–Trinajstić information content (AvgIpc) is 2.56. The van der Waals surface area contributed by atoms with E-state index >= 15 is 0 Å². The number of aliphatic carboxylic acids is 1. The van der Waals surface area contributed by atoms with Crippen LogP contribution in [0.1, 0.15) is 110 Å². The van der Waals surface area contributed by atoms with E-state index in [0.29, 0.717) is 6.61 Å². The summed E-state index contributed by atoms with van der Waals surface area (Å²) in [6, 6.07) is 0. The summed E-state index contributed by atoms with van der Waals surface area (Å²) in [6.45, 7) is 2.66. The fourth-order valence-electron chi connectivity index (χ4n) is 2.76. The maximum atomic E-state index is 11.2. The standard InChI is InChI=1S/C20H38O4.2Na/c1-2-3-4-5-6-7-8-9-10-11-12-13-14-15-18-24-20(23)17-16-19(21)22;;/h2-18H2,1H3,(H,21,22);;/q;2*+1/p-1. The summed E-state index contributed by atoms with van der Waals surface area (Å²) < 4.78 is 4.97. The fourth-order valence-corrected chi connectivity index (χ4v) is 2.76. The molecule has 6 heteroatoms. The molecule has 0 radical (unpaired) electrons. The van der Waals surface area contributed by atoms with E-state index in [1.807, 2.05) is 0 Å². The summed E-state index contributed by atoms with van der Waals surface area (Å²) in [6.07, 6.45) is 17.8. The number of carbonyl (C=O) groups excluding carboxylic acids is 2. The van der Waals surface area contributed by atoms with Crippen LogP contribution in [0.2, 0.25) is 0 Å². The molecule has 0 spiro atoms. The Labute approximate surface area is 205 Å². The van der Waals surface area contributed by atoms with E-state index in [-0.39, 0.29) is 72.0 Å². The van der Waals surface area contributed by atoms with Crippen molar-refractivity contribution in [2.24, 2.45) is 0 Å². The van der Waals surface area contributed by atoms with Crippen LogP contribution in [0.3, 0.4) is 0 Å². The quantitative estimate of drug-likeness (QED) is 0.164. The minimum absolute atomic E-state index is 0. The Morgan fingerprint density at radius 1 is 0.654 bits per heavy atom. The summed E-state index contributed by atoms with van der Waals surface area (Å²) in [5.41, 5.74) is 0. The molecular weight excluding hydrogens is 350 g/mol. The molecule has 0 bridgehead atoms. The molecule has 0 aliphatic rings. The molecule has 0 aliphatic carbocycles. The van der Waals surface area contributed by atoms with Gasteiger partial charge in [-0.1, -0.05) is 90.4 Å². The van der Waals surface area contributed by atoms with Crippen molar-refractivity contribution in [3.63, 3.8) is 0 Å². The predicted octanol–water partition coefficient (Wildman–Crippen LogP) is -1.45. The van der Waals surface area contributed by atoms with E-state index in [9.17, 15) is 14.7 Å². The zero-order valence-corrected chi connectivity index (χ0v) is 21.7. The molecule has 0 aromatic rings. The molecule has 0 heterocycles. The molecule has 0 aromatic carbocycles. The van der Waals surface area contributed by atoms with Crippen LogP contribution in [0, 0.1) is 0 Å². The van der Waals surface area contributed by atoms with Gasteiger partial charge in [-0.15, -0.1) is 0 Å². The van der Waals surface area contributed by atoms with Crippen LogP contribution in [-0.4, -0.2) is 18.5 Å². The Morgan fingerprint density at radius 3 is 1.42 bits per heavy atom. The number of rotatable bonds is 18. The number of hydrogen-bond acceptors (Lipinski definition) is 4. The van der Waals surface area contributed by atoms with Gasteiger partial charge in [0.1, 0.15) is 0 Å². The molecule has 0 aliphatic heterocycles. The van der Waals surface area contributed by atoms with E-state index in [1.165, 1.54) is 77.0 Å². The van der Waals surface area contributed by atoms with Crippen molar-refractivity contribution in [1.29, 1.82) is 0 Å². The molecule has 142 valence electrons. The molecule has 4 nitrogen and oxygen atoms in total. The summed E-state index contributed by atoms with van der Waals surface area (Å²) in [5, 5.41) is 10.2. The SMILES string of the molecule is CCCCCCCCCCCCCCCCOC(=O)CCC(=O)[O-].[Na+].[Na+]. The molecule has 0 fully saturated rings. The van der Waals surface area contributed by atoms with Crippen LogP contribution in [0.25, 0.3) is 0 Å². The topological polar surface area (TPSA) is 66.4 Å². The monoisotopic (exact) mass is 387 g/mol. The third-order valence-corrected chi connectivity index (χ3v) is 4.29. The van der Waals surface area contributed by atoms with Crippen LogP contribution in [0.15, 0.2) is 0 Å². The Balaban J connectivity index is -0.00000264. The second kappa shape index (κ2) is 25.9. The molecule has 0 saturated heterocycles. The number of carboxylic acid groups (broad SMARTS) is 1. The number of esters is 1. The Hall–Kier alpha value is 0.940. The first kappa shape index (κ1) is 31.6. The van der Waals surface area contributed by atoms with E-state index in [0.717, 1.165) is 12.8 Å². The van der Waals surface area contributed by atoms with Crippen LogP contribution >= 0.6 is 0 Å². The molecule has 0 aromatic heterocycles. The Bertz CT molecular complexity index is 312. The van der Waals surface area contributed by atoms with Gasteiger partial charge in [0.25, 0.3) is 0 Å². The largest absolute Gasteiger partial charge is 1.00 e. The van der Waals surface area contributed by atoms with Gasteiger partial charge in [-0.25, -0.2) is 0 Å². The molecule has 0 unspecified atom stereocenters. The van der Waals surface area contributed by atoms with Crippen molar-refractivity contribution >= 4 is 11.9 Å². The van der Waals surface area contributed by atoms with Crippen LogP contribution < -0.4 is 64.2 Å². The summed E-state index contributed by atoms with van der Waals surface area (Å²) >= 11 is 0. The maximum Gasteiger partial charge on any atom is 1.00 e. The van der Waals surface area contributed by atoms with Gasteiger partial charge < -0.3 is 14.6 Å². The summed E-state index contributed by atoms with van der Waals surface area (Å²) in [5.74, 6) is -1.64. The summed E-state index contributed by atoms with van der Waals surface area (Å²) in [4.78, 5) is 21.4. The molecular formula is C20H37Na2O4+. The minimum Gasteiger partial charge on any atom is -0.550 e. The minimum atomic E-state index is -1.21. The van der Waals surface area contributed by atoms with E-state index in [4.69, 9.17) is 4.74 Å². The molecule has 0 amide bonds. The van der Waals surface area contributed by atoms with Gasteiger partial charge in [0.2, 0.25) is 0 Å². The zero-order chi connectivity index (χ0) is 17.9. The number of unbranched alkanes of at least 4 members (excludes halogenated alkanes) is 13. The smallest absolute Gasteiger partial charge is 0.550 e. The van der Waals surface area contributed by atoms with E-state index in [1.54, 1.807) is 0 Å².